The van der Waals surface area contributed by atoms with E-state index in [1.807, 2.05) is 0 Å². The lowest BCUT2D eigenvalue weighted by atomic mass is 10.2. The molecule has 0 aliphatic carbocycles. The molecule has 0 saturated heterocycles. The third kappa shape index (κ3) is 1.07. The first-order valence-corrected chi connectivity index (χ1v) is 2.78. The van der Waals surface area contributed by atoms with Crippen LogP contribution in [0.5, 0.6) is 0 Å². The van der Waals surface area contributed by atoms with Gasteiger partial charge in [0.25, 0.3) is 0 Å². The van der Waals surface area contributed by atoms with E-state index in [1.54, 1.807) is 24.3 Å². The van der Waals surface area contributed by atoms with E-state index in [9.17, 15) is 4.79 Å². The maximum atomic E-state index is 10.2. The third-order valence-corrected chi connectivity index (χ3v) is 1.17. The molecule has 1 rings (SSSR count). The summed E-state index contributed by atoms with van der Waals surface area (Å²) in [7, 11) is 0. The van der Waals surface area contributed by atoms with Crippen molar-refractivity contribution >= 4 is 12.0 Å². The zero-order valence-electron chi connectivity index (χ0n) is 5.19. The molecule has 1 aromatic carbocycles. The Morgan fingerprint density at radius 1 is 1.40 bits per heavy atom. The molecule has 1 radical (unpaired) electrons. The predicted octanol–water partition coefficient (Wildman–Crippen LogP) is 1.38. The highest BCUT2D eigenvalue weighted by Gasteiger charge is 1.95. The van der Waals surface area contributed by atoms with E-state index in [2.05, 4.69) is 5.11 Å². The van der Waals surface area contributed by atoms with Crippen molar-refractivity contribution in [3.8, 4) is 0 Å². The number of hydrogen-bond acceptors (Lipinski definition) is 2. The molecule has 0 amide bonds. The second-order valence-electron chi connectivity index (χ2n) is 1.78. The van der Waals surface area contributed by atoms with Crippen molar-refractivity contribution in [3.63, 3.8) is 0 Å². The van der Waals surface area contributed by atoms with Gasteiger partial charge in [-0.1, -0.05) is 12.1 Å². The second-order valence-corrected chi connectivity index (χ2v) is 1.78. The summed E-state index contributed by atoms with van der Waals surface area (Å²) in [5.74, 6) is 0. The van der Waals surface area contributed by atoms with Crippen LogP contribution in [0.15, 0.2) is 29.4 Å². The summed E-state index contributed by atoms with van der Waals surface area (Å²) in [4.78, 5) is 10.2. The number of hydrogen-bond donors (Lipinski definition) is 0. The smallest absolute Gasteiger partial charge is 0.152 e. The molecule has 0 bridgehead atoms. The SMILES string of the molecule is [N]=Nc1ccccc1C=O. The van der Waals surface area contributed by atoms with Crippen molar-refractivity contribution in [2.24, 2.45) is 5.11 Å². The van der Waals surface area contributed by atoms with Crippen molar-refractivity contribution in [2.75, 3.05) is 0 Å². The van der Waals surface area contributed by atoms with Gasteiger partial charge in [0.1, 0.15) is 0 Å². The van der Waals surface area contributed by atoms with Crippen LogP contribution < -0.4 is 5.53 Å². The molecule has 1 aromatic rings. The van der Waals surface area contributed by atoms with E-state index in [-0.39, 0.29) is 0 Å². The summed E-state index contributed by atoms with van der Waals surface area (Å²) in [6, 6.07) is 6.55. The van der Waals surface area contributed by atoms with E-state index in [0.29, 0.717) is 17.5 Å². The van der Waals surface area contributed by atoms with Gasteiger partial charge in [0.2, 0.25) is 0 Å². The fourth-order valence-corrected chi connectivity index (χ4v) is 0.678. The van der Waals surface area contributed by atoms with Crippen LogP contribution in [0.25, 0.3) is 0 Å². The molecular formula is C7H5N2O. The highest BCUT2D eigenvalue weighted by atomic mass is 16.1. The molecule has 0 aliphatic rings. The molecule has 0 aromatic heterocycles. The Balaban J connectivity index is 3.20. The lowest BCUT2D eigenvalue weighted by Crippen LogP contribution is -1.77. The van der Waals surface area contributed by atoms with Gasteiger partial charge >= 0.3 is 0 Å². The molecule has 0 heterocycles. The van der Waals surface area contributed by atoms with Gasteiger partial charge in [-0.05, 0) is 17.7 Å². The minimum atomic E-state index is 0.303. The minimum Gasteiger partial charge on any atom is -0.298 e. The Labute approximate surface area is 58.2 Å². The predicted molar refractivity (Wildman–Crippen MR) is 36.1 cm³/mol. The Morgan fingerprint density at radius 2 is 2.10 bits per heavy atom. The van der Waals surface area contributed by atoms with E-state index < -0.39 is 0 Å². The highest BCUT2D eigenvalue weighted by molar-refractivity contribution is 5.82. The van der Waals surface area contributed by atoms with Gasteiger partial charge in [-0.25, -0.2) is 0 Å². The number of aldehydes is 1. The first-order chi connectivity index (χ1) is 4.88. The molecule has 0 aliphatic heterocycles. The number of carbonyl (C=O) groups excluding carboxylic acids is 1. The Kier molecular flexibility index (Phi) is 1.89. The molecule has 0 unspecified atom stereocenters. The summed E-state index contributed by atoms with van der Waals surface area (Å²) in [5, 5.41) is 2.91. The van der Waals surface area contributed by atoms with Crippen LogP contribution in [-0.4, -0.2) is 6.29 Å². The van der Waals surface area contributed by atoms with E-state index in [1.165, 1.54) is 0 Å². The molecule has 0 saturated carbocycles. The van der Waals surface area contributed by atoms with E-state index in [0.717, 1.165) is 0 Å². The largest absolute Gasteiger partial charge is 0.298 e. The number of nitrogens with zero attached hydrogens (tertiary/aromatic N) is 2. The molecule has 10 heavy (non-hydrogen) atoms. The first kappa shape index (κ1) is 6.61. The van der Waals surface area contributed by atoms with Gasteiger partial charge in [-0.2, -0.15) is 0 Å². The van der Waals surface area contributed by atoms with E-state index in [4.69, 9.17) is 5.53 Å². The van der Waals surface area contributed by atoms with Crippen molar-refractivity contribution in [1.82, 2.24) is 5.53 Å². The maximum Gasteiger partial charge on any atom is 0.152 e. The van der Waals surface area contributed by atoms with Crippen LogP contribution >= 0.6 is 0 Å². The molecule has 3 nitrogen and oxygen atoms in total. The normalized spacial score (nSPS) is 8.80. The van der Waals surface area contributed by atoms with Gasteiger partial charge in [-0.3, -0.25) is 4.79 Å². The number of carbonyl (C=O) groups is 1. The summed E-state index contributed by atoms with van der Waals surface area (Å²) in [5.41, 5.74) is 9.01. The summed E-state index contributed by atoms with van der Waals surface area (Å²) < 4.78 is 0. The van der Waals surface area contributed by atoms with Crippen LogP contribution in [0.2, 0.25) is 0 Å². The van der Waals surface area contributed by atoms with Crippen LogP contribution in [-0.2, 0) is 0 Å². The molecule has 0 atom stereocenters. The molecule has 3 heteroatoms. The van der Waals surface area contributed by atoms with Gasteiger partial charge < -0.3 is 0 Å². The second kappa shape index (κ2) is 2.87. The van der Waals surface area contributed by atoms with Crippen LogP contribution in [0.4, 0.5) is 5.69 Å². The van der Waals surface area contributed by atoms with Gasteiger partial charge in [0, 0.05) is 5.56 Å². The van der Waals surface area contributed by atoms with Crippen molar-refractivity contribution in [1.29, 1.82) is 0 Å². The zero-order valence-corrected chi connectivity index (χ0v) is 5.19. The Bertz CT molecular complexity index is 231. The summed E-state index contributed by atoms with van der Waals surface area (Å²) >= 11 is 0. The third-order valence-electron chi connectivity index (χ3n) is 1.17. The molecular weight excluding hydrogens is 128 g/mol. The molecule has 0 spiro atoms. The van der Waals surface area contributed by atoms with Gasteiger partial charge in [0.05, 0.1) is 5.69 Å². The topological polar surface area (TPSA) is 51.7 Å². The van der Waals surface area contributed by atoms with Crippen LogP contribution in [0.1, 0.15) is 10.4 Å². The van der Waals surface area contributed by atoms with Crippen molar-refractivity contribution in [2.45, 2.75) is 0 Å². The highest BCUT2D eigenvalue weighted by Crippen LogP contribution is 2.14. The Morgan fingerprint density at radius 3 is 2.60 bits per heavy atom. The Hall–Kier alpha value is -1.51. The minimum absolute atomic E-state index is 0.303. The van der Waals surface area contributed by atoms with Crippen LogP contribution in [0, 0.1) is 0 Å². The monoisotopic (exact) mass is 133 g/mol. The zero-order chi connectivity index (χ0) is 7.40. The number of rotatable bonds is 2. The molecule has 0 N–H and O–H groups in total. The van der Waals surface area contributed by atoms with E-state index >= 15 is 0 Å². The summed E-state index contributed by atoms with van der Waals surface area (Å²) in [6.07, 6.45) is 0.648. The fraction of sp³-hybridized carbons (Fsp3) is 0. The molecule has 0 fully saturated rings. The number of benzene rings is 1. The van der Waals surface area contributed by atoms with Crippen LogP contribution in [0.3, 0.4) is 0 Å². The maximum absolute atomic E-state index is 10.2. The molecule has 49 valence electrons. The van der Waals surface area contributed by atoms with Crippen molar-refractivity contribution < 1.29 is 4.79 Å². The first-order valence-electron chi connectivity index (χ1n) is 2.78. The fourth-order valence-electron chi connectivity index (χ4n) is 0.678. The standard InChI is InChI=1S/C7H5N2O/c8-9-7-4-2-1-3-6(7)5-10/h1-5H. The average Bonchev–Trinajstić information content (AvgIpc) is 2.04. The van der Waals surface area contributed by atoms with Gasteiger partial charge in [-0.15, -0.1) is 5.11 Å². The lowest BCUT2D eigenvalue weighted by Gasteiger charge is -1.91. The average molecular weight is 133 g/mol. The quantitative estimate of drug-likeness (QED) is 0.444. The van der Waals surface area contributed by atoms with Crippen molar-refractivity contribution in [3.05, 3.63) is 29.8 Å². The summed E-state index contributed by atoms with van der Waals surface area (Å²) in [6.45, 7) is 0. The van der Waals surface area contributed by atoms with Gasteiger partial charge in [0.15, 0.2) is 6.29 Å². The lowest BCUT2D eigenvalue weighted by molar-refractivity contribution is 0.112.